The first kappa shape index (κ1) is 8.19. The SMILES string of the molecule is O=C[N]c1cccc([N+](=O)[O-])c1. The Morgan fingerprint density at radius 1 is 1.50 bits per heavy atom. The molecule has 5 heteroatoms. The topological polar surface area (TPSA) is 74.3 Å². The number of nitro groups is 1. The van der Waals surface area contributed by atoms with Crippen LogP contribution >= 0.6 is 0 Å². The number of hydrogen-bond acceptors (Lipinski definition) is 3. The predicted molar refractivity (Wildman–Crippen MR) is 41.0 cm³/mol. The molecule has 1 aromatic rings. The summed E-state index contributed by atoms with van der Waals surface area (Å²) in [6.07, 6.45) is 0.346. The summed E-state index contributed by atoms with van der Waals surface area (Å²) in [5, 5.41) is 13.6. The van der Waals surface area contributed by atoms with Crippen molar-refractivity contribution in [3.05, 3.63) is 34.4 Å². The molecule has 0 aliphatic heterocycles. The van der Waals surface area contributed by atoms with Crippen LogP contribution in [-0.2, 0) is 4.79 Å². The lowest BCUT2D eigenvalue weighted by Crippen LogP contribution is -1.93. The predicted octanol–water partition coefficient (Wildman–Crippen LogP) is 0.987. The van der Waals surface area contributed by atoms with Crippen LogP contribution in [0.15, 0.2) is 24.3 Å². The van der Waals surface area contributed by atoms with Crippen molar-refractivity contribution in [3.8, 4) is 0 Å². The van der Waals surface area contributed by atoms with Gasteiger partial charge >= 0.3 is 0 Å². The van der Waals surface area contributed by atoms with E-state index in [2.05, 4.69) is 5.32 Å². The van der Waals surface area contributed by atoms with E-state index in [0.29, 0.717) is 12.1 Å². The van der Waals surface area contributed by atoms with Crippen LogP contribution in [-0.4, -0.2) is 11.3 Å². The number of carbonyl (C=O) groups excluding carboxylic acids is 1. The fourth-order valence-corrected chi connectivity index (χ4v) is 0.748. The molecule has 0 bridgehead atoms. The van der Waals surface area contributed by atoms with Crippen LogP contribution in [0.25, 0.3) is 0 Å². The molecule has 0 saturated carbocycles. The molecule has 0 aliphatic rings. The molecule has 1 radical (unpaired) electrons. The lowest BCUT2D eigenvalue weighted by Gasteiger charge is -1.93. The van der Waals surface area contributed by atoms with Crippen molar-refractivity contribution in [2.75, 3.05) is 0 Å². The first-order valence-corrected chi connectivity index (χ1v) is 3.13. The molecule has 1 rings (SSSR count). The van der Waals surface area contributed by atoms with Gasteiger partial charge in [-0.1, -0.05) is 6.07 Å². The van der Waals surface area contributed by atoms with Gasteiger partial charge in [-0.05, 0) is 6.07 Å². The summed E-state index contributed by atoms with van der Waals surface area (Å²) < 4.78 is 0. The monoisotopic (exact) mass is 165 g/mol. The molecule has 0 aliphatic carbocycles. The molecule has 0 fully saturated rings. The van der Waals surface area contributed by atoms with Gasteiger partial charge in [-0.3, -0.25) is 14.9 Å². The minimum atomic E-state index is -0.538. The fourth-order valence-electron chi connectivity index (χ4n) is 0.748. The quantitative estimate of drug-likeness (QED) is 0.380. The van der Waals surface area contributed by atoms with E-state index in [0.717, 1.165) is 0 Å². The van der Waals surface area contributed by atoms with Gasteiger partial charge in [0.25, 0.3) is 5.69 Å². The number of non-ortho nitro benzene ring substituents is 1. The van der Waals surface area contributed by atoms with E-state index in [4.69, 9.17) is 0 Å². The van der Waals surface area contributed by atoms with Crippen molar-refractivity contribution in [2.24, 2.45) is 0 Å². The van der Waals surface area contributed by atoms with Crippen molar-refractivity contribution in [3.63, 3.8) is 0 Å². The zero-order chi connectivity index (χ0) is 8.97. The molecule has 0 spiro atoms. The van der Waals surface area contributed by atoms with Crippen LogP contribution in [0.5, 0.6) is 0 Å². The van der Waals surface area contributed by atoms with Gasteiger partial charge in [-0.15, -0.1) is 0 Å². The van der Waals surface area contributed by atoms with E-state index in [9.17, 15) is 14.9 Å². The summed E-state index contributed by atoms with van der Waals surface area (Å²) in [4.78, 5) is 19.6. The minimum absolute atomic E-state index is 0.0712. The lowest BCUT2D eigenvalue weighted by molar-refractivity contribution is -0.384. The van der Waals surface area contributed by atoms with Crippen molar-refractivity contribution >= 4 is 17.8 Å². The van der Waals surface area contributed by atoms with Crippen LogP contribution in [0.1, 0.15) is 0 Å². The maximum Gasteiger partial charge on any atom is 0.271 e. The van der Waals surface area contributed by atoms with Crippen LogP contribution in [0.3, 0.4) is 0 Å². The third-order valence-corrected chi connectivity index (χ3v) is 1.24. The number of hydrogen-bond donors (Lipinski definition) is 0. The second-order valence-corrected chi connectivity index (χ2v) is 2.01. The Morgan fingerprint density at radius 3 is 2.83 bits per heavy atom. The number of nitrogens with zero attached hydrogens (tertiary/aromatic N) is 2. The molecular weight excluding hydrogens is 160 g/mol. The first-order valence-electron chi connectivity index (χ1n) is 3.13. The second-order valence-electron chi connectivity index (χ2n) is 2.01. The minimum Gasteiger partial charge on any atom is -0.276 e. The van der Waals surface area contributed by atoms with Gasteiger partial charge in [0.15, 0.2) is 0 Å². The van der Waals surface area contributed by atoms with Crippen molar-refractivity contribution in [1.82, 2.24) is 5.32 Å². The van der Waals surface area contributed by atoms with E-state index in [1.165, 1.54) is 24.3 Å². The molecule has 0 saturated heterocycles. The van der Waals surface area contributed by atoms with E-state index in [1.54, 1.807) is 0 Å². The van der Waals surface area contributed by atoms with Gasteiger partial charge < -0.3 is 0 Å². The molecule has 1 aromatic carbocycles. The van der Waals surface area contributed by atoms with Gasteiger partial charge in [0.1, 0.15) is 0 Å². The zero-order valence-electron chi connectivity index (χ0n) is 6.01. The highest BCUT2D eigenvalue weighted by Crippen LogP contribution is 2.16. The van der Waals surface area contributed by atoms with E-state index in [1.807, 2.05) is 0 Å². The number of rotatable bonds is 3. The van der Waals surface area contributed by atoms with E-state index < -0.39 is 4.92 Å². The Morgan fingerprint density at radius 2 is 2.25 bits per heavy atom. The standard InChI is InChI=1S/C7H5N2O3/c10-5-8-6-2-1-3-7(4-6)9(11)12/h1-5H. The Balaban J connectivity index is 2.95. The summed E-state index contributed by atoms with van der Waals surface area (Å²) in [6, 6.07) is 5.56. The number of amides is 1. The molecule has 61 valence electrons. The summed E-state index contributed by atoms with van der Waals surface area (Å²) in [5.74, 6) is 0. The van der Waals surface area contributed by atoms with E-state index in [-0.39, 0.29) is 5.69 Å². The average Bonchev–Trinajstić information content (AvgIpc) is 2.05. The Kier molecular flexibility index (Phi) is 2.37. The lowest BCUT2D eigenvalue weighted by atomic mass is 10.3. The molecule has 0 unspecified atom stereocenters. The fraction of sp³-hybridized carbons (Fsp3) is 0. The molecule has 0 aromatic heterocycles. The van der Waals surface area contributed by atoms with Crippen LogP contribution in [0.2, 0.25) is 0 Å². The van der Waals surface area contributed by atoms with Crippen LogP contribution in [0, 0.1) is 10.1 Å². The van der Waals surface area contributed by atoms with Gasteiger partial charge in [-0.2, -0.15) is 0 Å². The summed E-state index contributed by atoms with van der Waals surface area (Å²) in [7, 11) is 0. The van der Waals surface area contributed by atoms with Gasteiger partial charge in [0.05, 0.1) is 10.6 Å². The summed E-state index contributed by atoms with van der Waals surface area (Å²) >= 11 is 0. The Hall–Kier alpha value is -1.91. The van der Waals surface area contributed by atoms with Gasteiger partial charge in [-0.25, -0.2) is 5.32 Å². The molecule has 0 atom stereocenters. The highest BCUT2D eigenvalue weighted by atomic mass is 16.6. The molecule has 12 heavy (non-hydrogen) atoms. The van der Waals surface area contributed by atoms with Crippen molar-refractivity contribution < 1.29 is 9.72 Å². The summed E-state index contributed by atoms with van der Waals surface area (Å²) in [6.45, 7) is 0. The summed E-state index contributed by atoms with van der Waals surface area (Å²) in [5.41, 5.74) is 0.220. The van der Waals surface area contributed by atoms with Crippen molar-refractivity contribution in [2.45, 2.75) is 0 Å². The Bertz CT molecular complexity index is 311. The molecule has 1 amide bonds. The number of benzene rings is 1. The maximum atomic E-state index is 10.2. The van der Waals surface area contributed by atoms with Gasteiger partial charge in [0.2, 0.25) is 6.41 Å². The smallest absolute Gasteiger partial charge is 0.271 e. The molecule has 0 N–H and O–H groups in total. The van der Waals surface area contributed by atoms with E-state index >= 15 is 0 Å². The highest BCUT2D eigenvalue weighted by molar-refractivity contribution is 5.60. The number of carbonyl (C=O) groups is 1. The molecule has 5 nitrogen and oxygen atoms in total. The number of nitro benzene ring substituents is 1. The van der Waals surface area contributed by atoms with Crippen LogP contribution in [0.4, 0.5) is 11.4 Å². The largest absolute Gasteiger partial charge is 0.276 e. The normalized spacial score (nSPS) is 9.00. The third-order valence-electron chi connectivity index (χ3n) is 1.24. The second kappa shape index (κ2) is 3.47. The van der Waals surface area contributed by atoms with Crippen LogP contribution < -0.4 is 5.32 Å². The van der Waals surface area contributed by atoms with Gasteiger partial charge in [0, 0.05) is 12.1 Å². The Labute approximate surface area is 68.2 Å². The highest BCUT2D eigenvalue weighted by Gasteiger charge is 2.04. The average molecular weight is 165 g/mol. The zero-order valence-corrected chi connectivity index (χ0v) is 6.01. The maximum absolute atomic E-state index is 10.2. The molecular formula is C7H5N2O3. The third kappa shape index (κ3) is 1.79. The van der Waals surface area contributed by atoms with Crippen molar-refractivity contribution in [1.29, 1.82) is 0 Å². The first-order chi connectivity index (χ1) is 5.74. The molecule has 0 heterocycles.